The predicted octanol–water partition coefficient (Wildman–Crippen LogP) is 3.84. The van der Waals surface area contributed by atoms with Gasteiger partial charge in [-0.3, -0.25) is 0 Å². The van der Waals surface area contributed by atoms with E-state index in [0.717, 1.165) is 5.25 Å². The number of nitrogens with one attached hydrogen (secondary N) is 1. The highest BCUT2D eigenvalue weighted by molar-refractivity contribution is 8.00. The molecular weight excluding hydrogens is 226 g/mol. The lowest BCUT2D eigenvalue weighted by Crippen LogP contribution is -2.47. The van der Waals surface area contributed by atoms with Crippen LogP contribution in [0.3, 0.4) is 0 Å². The summed E-state index contributed by atoms with van der Waals surface area (Å²) >= 11 is 2.09. The average molecular weight is 247 g/mol. The van der Waals surface area contributed by atoms with E-state index in [1.807, 2.05) is 0 Å². The van der Waals surface area contributed by atoms with Crippen LogP contribution < -0.4 is 5.32 Å². The molecule has 1 nitrogen and oxygen atoms in total. The lowest BCUT2D eigenvalue weighted by Gasteiger charge is -2.38. The van der Waals surface area contributed by atoms with Crippen molar-refractivity contribution in [2.24, 2.45) is 0 Å². The summed E-state index contributed by atoms with van der Waals surface area (Å²) in [5.41, 5.74) is 0.457. The van der Waals surface area contributed by atoms with Crippen molar-refractivity contribution in [1.29, 1.82) is 0 Å². The fraction of sp³-hybridized carbons (Fsp3) is 0.600. The minimum absolute atomic E-state index is 0.457. The van der Waals surface area contributed by atoms with Crippen molar-refractivity contribution < 1.29 is 0 Å². The molecule has 0 amide bonds. The molecule has 0 bridgehead atoms. The molecule has 17 heavy (non-hydrogen) atoms. The van der Waals surface area contributed by atoms with Crippen molar-refractivity contribution >= 4 is 11.8 Å². The Kier molecular flexibility index (Phi) is 3.44. The summed E-state index contributed by atoms with van der Waals surface area (Å²) in [4.78, 5) is 1.44. The maximum Gasteiger partial charge on any atom is 0.0304 e. The highest BCUT2D eigenvalue weighted by Gasteiger charge is 2.43. The van der Waals surface area contributed by atoms with Crippen LogP contribution >= 0.6 is 11.8 Å². The van der Waals surface area contributed by atoms with Gasteiger partial charge in [0, 0.05) is 15.7 Å². The maximum atomic E-state index is 3.82. The Morgan fingerprint density at radius 1 is 1.06 bits per heavy atom. The van der Waals surface area contributed by atoms with Gasteiger partial charge in [0.05, 0.1) is 0 Å². The van der Waals surface area contributed by atoms with Crippen molar-refractivity contribution in [2.45, 2.75) is 54.2 Å². The van der Waals surface area contributed by atoms with E-state index in [1.54, 1.807) is 0 Å². The summed E-state index contributed by atoms with van der Waals surface area (Å²) in [6, 6.07) is 10.9. The Labute approximate surface area is 108 Å². The molecule has 0 aromatic heterocycles. The van der Waals surface area contributed by atoms with Crippen LogP contribution in [0, 0.1) is 0 Å². The van der Waals surface area contributed by atoms with Crippen molar-refractivity contribution in [3.8, 4) is 0 Å². The van der Waals surface area contributed by atoms with E-state index in [0.29, 0.717) is 5.54 Å². The zero-order valence-electron chi connectivity index (χ0n) is 10.3. The van der Waals surface area contributed by atoms with Crippen LogP contribution in [0.25, 0.3) is 0 Å². The summed E-state index contributed by atoms with van der Waals surface area (Å²) < 4.78 is 0. The minimum Gasteiger partial charge on any atom is -0.310 e. The van der Waals surface area contributed by atoms with Crippen molar-refractivity contribution in [2.75, 3.05) is 6.54 Å². The Morgan fingerprint density at radius 3 is 2.59 bits per heavy atom. The molecule has 2 fully saturated rings. The summed E-state index contributed by atoms with van der Waals surface area (Å²) in [6.45, 7) is 1.21. The molecule has 2 aliphatic rings. The molecule has 1 aliphatic heterocycles. The maximum absolute atomic E-state index is 3.82. The van der Waals surface area contributed by atoms with Crippen LogP contribution in [-0.2, 0) is 0 Å². The molecule has 0 radical (unpaired) electrons. The van der Waals surface area contributed by atoms with Gasteiger partial charge < -0.3 is 5.32 Å². The highest BCUT2D eigenvalue weighted by atomic mass is 32.2. The van der Waals surface area contributed by atoms with Crippen LogP contribution in [0.5, 0.6) is 0 Å². The fourth-order valence-corrected chi connectivity index (χ4v) is 4.78. The van der Waals surface area contributed by atoms with Crippen molar-refractivity contribution in [1.82, 2.24) is 5.32 Å². The third-order valence-electron chi connectivity index (χ3n) is 4.27. The number of thioether (sulfide) groups is 1. The molecule has 1 saturated carbocycles. The molecule has 1 N–H and O–H groups in total. The van der Waals surface area contributed by atoms with E-state index >= 15 is 0 Å². The molecular formula is C15H21NS. The zero-order chi connectivity index (χ0) is 11.6. The molecule has 1 aromatic carbocycles. The predicted molar refractivity (Wildman–Crippen MR) is 74.5 cm³/mol. The van der Waals surface area contributed by atoms with E-state index in [-0.39, 0.29) is 0 Å². The van der Waals surface area contributed by atoms with Gasteiger partial charge in [-0.15, -0.1) is 11.8 Å². The summed E-state index contributed by atoms with van der Waals surface area (Å²) in [5.74, 6) is 0. The van der Waals surface area contributed by atoms with Gasteiger partial charge in [-0.1, -0.05) is 37.5 Å². The molecule has 1 saturated heterocycles. The van der Waals surface area contributed by atoms with Crippen LogP contribution in [0.4, 0.5) is 0 Å². The third kappa shape index (κ3) is 2.38. The summed E-state index contributed by atoms with van der Waals surface area (Å²) in [6.07, 6.45) is 8.37. The molecule has 1 spiro atoms. The van der Waals surface area contributed by atoms with E-state index in [2.05, 4.69) is 47.4 Å². The van der Waals surface area contributed by atoms with Crippen LogP contribution in [0.1, 0.15) is 38.5 Å². The van der Waals surface area contributed by atoms with Gasteiger partial charge in [-0.05, 0) is 37.9 Å². The van der Waals surface area contributed by atoms with Gasteiger partial charge in [0.15, 0.2) is 0 Å². The Bertz CT molecular complexity index is 356. The van der Waals surface area contributed by atoms with E-state index in [4.69, 9.17) is 0 Å². The average Bonchev–Trinajstić information content (AvgIpc) is 2.74. The summed E-state index contributed by atoms with van der Waals surface area (Å²) in [5, 5.41) is 4.60. The molecule has 2 heteroatoms. The first-order chi connectivity index (χ1) is 8.39. The number of benzene rings is 1. The zero-order valence-corrected chi connectivity index (χ0v) is 11.1. The first-order valence-electron chi connectivity index (χ1n) is 6.86. The molecule has 1 aromatic rings. The monoisotopic (exact) mass is 247 g/mol. The Balaban J connectivity index is 1.73. The molecule has 1 heterocycles. The van der Waals surface area contributed by atoms with Crippen LogP contribution in [0.15, 0.2) is 35.2 Å². The standard InChI is InChI=1S/C15H21NS/c1-3-7-13(8-4-1)17-14-9-12-16-15(14)10-5-2-6-11-15/h1,3-4,7-8,14,16H,2,5-6,9-12H2. The van der Waals surface area contributed by atoms with Crippen LogP contribution in [0.2, 0.25) is 0 Å². The van der Waals surface area contributed by atoms with Crippen molar-refractivity contribution in [3.63, 3.8) is 0 Å². The second-order valence-electron chi connectivity index (χ2n) is 5.35. The molecule has 1 unspecified atom stereocenters. The van der Waals surface area contributed by atoms with Gasteiger partial charge in [0.25, 0.3) is 0 Å². The second kappa shape index (κ2) is 5.03. The molecule has 1 aliphatic carbocycles. The Hall–Kier alpha value is -0.470. The third-order valence-corrected chi connectivity index (χ3v) is 5.78. The summed E-state index contributed by atoms with van der Waals surface area (Å²) in [7, 11) is 0. The number of hydrogen-bond acceptors (Lipinski definition) is 2. The van der Waals surface area contributed by atoms with Gasteiger partial charge in [0.2, 0.25) is 0 Å². The van der Waals surface area contributed by atoms with E-state index < -0.39 is 0 Å². The molecule has 92 valence electrons. The first kappa shape index (κ1) is 11.6. The van der Waals surface area contributed by atoms with Gasteiger partial charge in [0.1, 0.15) is 0 Å². The van der Waals surface area contributed by atoms with Gasteiger partial charge in [-0.25, -0.2) is 0 Å². The lowest BCUT2D eigenvalue weighted by atomic mass is 9.80. The lowest BCUT2D eigenvalue weighted by molar-refractivity contribution is 0.270. The first-order valence-corrected chi connectivity index (χ1v) is 7.74. The Morgan fingerprint density at radius 2 is 1.82 bits per heavy atom. The molecule has 3 rings (SSSR count). The SMILES string of the molecule is c1ccc(SC2CCNC23CCCCC3)cc1. The minimum atomic E-state index is 0.457. The number of hydrogen-bond donors (Lipinski definition) is 1. The fourth-order valence-electron chi connectivity index (χ4n) is 3.36. The van der Waals surface area contributed by atoms with E-state index in [1.165, 1.54) is 50.0 Å². The van der Waals surface area contributed by atoms with Crippen molar-refractivity contribution in [3.05, 3.63) is 30.3 Å². The number of rotatable bonds is 2. The molecule has 1 atom stereocenters. The highest BCUT2D eigenvalue weighted by Crippen LogP contribution is 2.43. The van der Waals surface area contributed by atoms with E-state index in [9.17, 15) is 0 Å². The largest absolute Gasteiger partial charge is 0.310 e. The second-order valence-corrected chi connectivity index (χ2v) is 6.63. The van der Waals surface area contributed by atoms with Gasteiger partial charge >= 0.3 is 0 Å². The quantitative estimate of drug-likeness (QED) is 0.852. The smallest absolute Gasteiger partial charge is 0.0304 e. The normalized spacial score (nSPS) is 27.4. The topological polar surface area (TPSA) is 12.0 Å². The van der Waals surface area contributed by atoms with Gasteiger partial charge in [-0.2, -0.15) is 0 Å². The van der Waals surface area contributed by atoms with Crippen LogP contribution in [-0.4, -0.2) is 17.3 Å².